The number of guanidine groups is 1. The molecule has 6 nitrogen and oxygen atoms in total. The number of hydrogen-bond acceptors (Lipinski definition) is 4. The fourth-order valence-corrected chi connectivity index (χ4v) is 2.96. The van der Waals surface area contributed by atoms with E-state index in [-0.39, 0.29) is 35.5 Å². The molecule has 138 valence electrons. The maximum absolute atomic E-state index is 13.6. The molecule has 3 unspecified atom stereocenters. The Balaban J connectivity index is 1.88. The van der Waals surface area contributed by atoms with E-state index >= 15 is 0 Å². The van der Waals surface area contributed by atoms with Crippen LogP contribution in [0.5, 0.6) is 5.75 Å². The third kappa shape index (κ3) is 4.84. The fraction of sp³-hybridized carbons (Fsp3) is 0.556. The van der Waals surface area contributed by atoms with Crippen molar-refractivity contribution < 1.29 is 18.7 Å². The van der Waals surface area contributed by atoms with Gasteiger partial charge in [0.15, 0.2) is 17.5 Å². The Morgan fingerprint density at radius 3 is 2.80 bits per heavy atom. The van der Waals surface area contributed by atoms with Crippen molar-refractivity contribution in [2.45, 2.75) is 20.0 Å². The Hall–Kier alpha value is -2.31. The number of benzene rings is 1. The SMILES string of the molecule is CN=C(NCC(C)Oc1ccccc1F)N1CC(C)C(C(=O)OC)C1. The number of rotatable bonds is 5. The van der Waals surface area contributed by atoms with E-state index < -0.39 is 0 Å². The summed E-state index contributed by atoms with van der Waals surface area (Å²) in [4.78, 5) is 18.1. The molecule has 0 saturated carbocycles. The molecule has 0 aromatic heterocycles. The molecule has 0 spiro atoms. The lowest BCUT2D eigenvalue weighted by molar-refractivity contribution is -0.145. The fourth-order valence-electron chi connectivity index (χ4n) is 2.96. The van der Waals surface area contributed by atoms with Gasteiger partial charge >= 0.3 is 5.97 Å². The summed E-state index contributed by atoms with van der Waals surface area (Å²) in [5.74, 6) is 0.387. The summed E-state index contributed by atoms with van der Waals surface area (Å²) >= 11 is 0. The molecule has 1 aromatic rings. The van der Waals surface area contributed by atoms with Crippen LogP contribution in [0.15, 0.2) is 29.3 Å². The van der Waals surface area contributed by atoms with E-state index in [4.69, 9.17) is 9.47 Å². The van der Waals surface area contributed by atoms with Gasteiger partial charge in [0, 0.05) is 20.1 Å². The van der Waals surface area contributed by atoms with Gasteiger partial charge in [-0.15, -0.1) is 0 Å². The highest BCUT2D eigenvalue weighted by Gasteiger charge is 2.36. The van der Waals surface area contributed by atoms with Crippen LogP contribution in [0.3, 0.4) is 0 Å². The lowest BCUT2D eigenvalue weighted by Crippen LogP contribution is -2.44. The summed E-state index contributed by atoms with van der Waals surface area (Å²) in [5.41, 5.74) is 0. The van der Waals surface area contributed by atoms with E-state index in [2.05, 4.69) is 10.3 Å². The second-order valence-electron chi connectivity index (χ2n) is 6.30. The van der Waals surface area contributed by atoms with Crippen molar-refractivity contribution in [1.82, 2.24) is 10.2 Å². The van der Waals surface area contributed by atoms with Crippen LogP contribution < -0.4 is 10.1 Å². The number of nitrogens with one attached hydrogen (secondary N) is 1. The van der Waals surface area contributed by atoms with Crippen LogP contribution in [0.1, 0.15) is 13.8 Å². The van der Waals surface area contributed by atoms with Gasteiger partial charge in [0.25, 0.3) is 0 Å². The van der Waals surface area contributed by atoms with Crippen molar-refractivity contribution in [3.05, 3.63) is 30.1 Å². The molecule has 7 heteroatoms. The summed E-state index contributed by atoms with van der Waals surface area (Å²) in [6, 6.07) is 6.33. The van der Waals surface area contributed by atoms with E-state index in [9.17, 15) is 9.18 Å². The minimum atomic E-state index is -0.381. The number of aliphatic imine (C=N–C) groups is 1. The summed E-state index contributed by atoms with van der Waals surface area (Å²) in [7, 11) is 3.10. The number of carbonyl (C=O) groups is 1. The standard InChI is InChI=1S/C18H26FN3O3/c1-12-10-22(11-14(12)17(23)24-4)18(20-3)21-9-13(2)25-16-8-6-5-7-15(16)19/h5-8,12-14H,9-11H2,1-4H3,(H,20,21). The first-order valence-corrected chi connectivity index (χ1v) is 8.40. The normalized spacial score (nSPS) is 21.8. The van der Waals surface area contributed by atoms with Gasteiger partial charge in [-0.3, -0.25) is 9.79 Å². The van der Waals surface area contributed by atoms with E-state index in [0.29, 0.717) is 19.0 Å². The van der Waals surface area contributed by atoms with Gasteiger partial charge < -0.3 is 19.7 Å². The zero-order valence-electron chi connectivity index (χ0n) is 15.2. The molecule has 0 amide bonds. The lowest BCUT2D eigenvalue weighted by Gasteiger charge is -2.23. The number of carbonyl (C=O) groups excluding carboxylic acids is 1. The molecule has 2 rings (SSSR count). The molecule has 0 bridgehead atoms. The molecule has 1 saturated heterocycles. The third-order valence-electron chi connectivity index (χ3n) is 4.34. The molecule has 1 aliphatic rings. The summed E-state index contributed by atoms with van der Waals surface area (Å²) < 4.78 is 24.1. The molecule has 25 heavy (non-hydrogen) atoms. The first kappa shape index (κ1) is 19.0. The quantitative estimate of drug-likeness (QED) is 0.499. The molecule has 1 fully saturated rings. The van der Waals surface area contributed by atoms with Crippen molar-refractivity contribution in [2.75, 3.05) is 33.8 Å². The van der Waals surface area contributed by atoms with Crippen molar-refractivity contribution >= 4 is 11.9 Å². The molecule has 3 atom stereocenters. The maximum Gasteiger partial charge on any atom is 0.310 e. The Kier molecular flexibility index (Phi) is 6.61. The second kappa shape index (κ2) is 8.69. The predicted octanol–water partition coefficient (Wildman–Crippen LogP) is 1.91. The highest BCUT2D eigenvalue weighted by Crippen LogP contribution is 2.24. The molecular weight excluding hydrogens is 325 g/mol. The number of nitrogens with zero attached hydrogens (tertiary/aromatic N) is 2. The van der Waals surface area contributed by atoms with Crippen molar-refractivity contribution in [3.63, 3.8) is 0 Å². The monoisotopic (exact) mass is 351 g/mol. The minimum Gasteiger partial charge on any atom is -0.486 e. The number of esters is 1. The molecule has 1 N–H and O–H groups in total. The number of para-hydroxylation sites is 1. The zero-order valence-corrected chi connectivity index (χ0v) is 15.2. The Labute approximate surface area is 148 Å². The third-order valence-corrected chi connectivity index (χ3v) is 4.34. The van der Waals surface area contributed by atoms with Gasteiger partial charge in [0.05, 0.1) is 19.6 Å². The van der Waals surface area contributed by atoms with Crippen LogP contribution in [0.4, 0.5) is 4.39 Å². The first-order chi connectivity index (χ1) is 12.0. The van der Waals surface area contributed by atoms with Crippen LogP contribution in [0.2, 0.25) is 0 Å². The van der Waals surface area contributed by atoms with Crippen molar-refractivity contribution in [1.29, 1.82) is 0 Å². The Morgan fingerprint density at radius 1 is 1.44 bits per heavy atom. The molecule has 1 aliphatic heterocycles. The maximum atomic E-state index is 13.6. The van der Waals surface area contributed by atoms with E-state index in [1.54, 1.807) is 25.2 Å². The van der Waals surface area contributed by atoms with Crippen LogP contribution in [0.25, 0.3) is 0 Å². The average molecular weight is 351 g/mol. The largest absolute Gasteiger partial charge is 0.486 e. The Morgan fingerprint density at radius 2 is 2.16 bits per heavy atom. The number of methoxy groups -OCH3 is 1. The minimum absolute atomic E-state index is 0.157. The van der Waals surface area contributed by atoms with Crippen LogP contribution >= 0.6 is 0 Å². The molecular formula is C18H26FN3O3. The Bertz CT molecular complexity index is 623. The smallest absolute Gasteiger partial charge is 0.310 e. The highest BCUT2D eigenvalue weighted by molar-refractivity contribution is 5.82. The number of halogens is 1. The van der Waals surface area contributed by atoms with Gasteiger partial charge in [-0.25, -0.2) is 4.39 Å². The van der Waals surface area contributed by atoms with E-state index in [1.165, 1.54) is 13.2 Å². The summed E-state index contributed by atoms with van der Waals surface area (Å²) in [5, 5.41) is 3.23. The van der Waals surface area contributed by atoms with Crippen LogP contribution in [0, 0.1) is 17.7 Å². The zero-order chi connectivity index (χ0) is 18.4. The van der Waals surface area contributed by atoms with Gasteiger partial charge in [0.2, 0.25) is 0 Å². The van der Waals surface area contributed by atoms with Gasteiger partial charge in [-0.1, -0.05) is 19.1 Å². The van der Waals surface area contributed by atoms with Crippen LogP contribution in [-0.2, 0) is 9.53 Å². The topological polar surface area (TPSA) is 63.2 Å². The van der Waals surface area contributed by atoms with Gasteiger partial charge in [-0.2, -0.15) is 0 Å². The predicted molar refractivity (Wildman–Crippen MR) is 94.1 cm³/mol. The van der Waals surface area contributed by atoms with E-state index in [0.717, 1.165) is 6.54 Å². The van der Waals surface area contributed by atoms with Crippen LogP contribution in [-0.4, -0.2) is 56.7 Å². The molecule has 0 aliphatic carbocycles. The van der Waals surface area contributed by atoms with Crippen molar-refractivity contribution in [2.24, 2.45) is 16.8 Å². The molecule has 0 radical (unpaired) electrons. The first-order valence-electron chi connectivity index (χ1n) is 8.40. The summed E-state index contributed by atoms with van der Waals surface area (Å²) in [6.07, 6.45) is -0.245. The number of ether oxygens (including phenoxy) is 2. The summed E-state index contributed by atoms with van der Waals surface area (Å²) in [6.45, 7) is 5.64. The molecule has 1 aromatic carbocycles. The van der Waals surface area contributed by atoms with Gasteiger partial charge in [0.1, 0.15) is 6.10 Å². The van der Waals surface area contributed by atoms with Gasteiger partial charge in [-0.05, 0) is 25.0 Å². The van der Waals surface area contributed by atoms with Crippen molar-refractivity contribution in [3.8, 4) is 5.75 Å². The second-order valence-corrected chi connectivity index (χ2v) is 6.30. The number of likely N-dealkylation sites (tertiary alicyclic amines) is 1. The average Bonchev–Trinajstić information content (AvgIpc) is 2.98. The number of hydrogen-bond donors (Lipinski definition) is 1. The lowest BCUT2D eigenvalue weighted by atomic mass is 9.99. The van der Waals surface area contributed by atoms with E-state index in [1.807, 2.05) is 18.7 Å². The molecule has 1 heterocycles. The highest BCUT2D eigenvalue weighted by atomic mass is 19.1.